The topological polar surface area (TPSA) is 32.9 Å². The van der Waals surface area contributed by atoms with Gasteiger partial charge in [0.25, 0.3) is 0 Å². The predicted octanol–water partition coefficient (Wildman–Crippen LogP) is 5.43. The Bertz CT molecular complexity index is 867. The number of alkyl halides is 3. The third kappa shape index (κ3) is 2.54. The molecule has 0 amide bonds. The van der Waals surface area contributed by atoms with Crippen LogP contribution in [0.1, 0.15) is 15.9 Å². The molecule has 0 aliphatic carbocycles. The van der Waals surface area contributed by atoms with Crippen LogP contribution in [0.25, 0.3) is 22.2 Å². The summed E-state index contributed by atoms with van der Waals surface area (Å²) in [5.74, 6) is 0. The van der Waals surface area contributed by atoms with E-state index in [9.17, 15) is 18.0 Å². The Balaban J connectivity index is 2.24. The molecule has 0 radical (unpaired) electrons. The van der Waals surface area contributed by atoms with Crippen molar-refractivity contribution < 1.29 is 18.0 Å². The maximum absolute atomic E-state index is 12.8. The molecular formula is C16H9BrF3NO. The van der Waals surface area contributed by atoms with E-state index in [4.69, 9.17) is 0 Å². The Morgan fingerprint density at radius 3 is 2.55 bits per heavy atom. The van der Waals surface area contributed by atoms with Crippen molar-refractivity contribution >= 4 is 33.1 Å². The van der Waals surface area contributed by atoms with Gasteiger partial charge in [-0.2, -0.15) is 13.2 Å². The normalized spacial score (nSPS) is 11.8. The Kier molecular flexibility index (Phi) is 3.56. The molecule has 1 aromatic heterocycles. The van der Waals surface area contributed by atoms with Crippen molar-refractivity contribution in [2.45, 2.75) is 6.18 Å². The molecule has 22 heavy (non-hydrogen) atoms. The van der Waals surface area contributed by atoms with Crippen molar-refractivity contribution in [1.29, 1.82) is 0 Å². The molecule has 2 nitrogen and oxygen atoms in total. The van der Waals surface area contributed by atoms with Crippen LogP contribution in [0.3, 0.4) is 0 Å². The van der Waals surface area contributed by atoms with Crippen LogP contribution in [-0.2, 0) is 6.18 Å². The molecule has 3 rings (SSSR count). The second-order valence-electron chi connectivity index (χ2n) is 4.80. The zero-order valence-electron chi connectivity index (χ0n) is 11.0. The van der Waals surface area contributed by atoms with Gasteiger partial charge in [-0.25, -0.2) is 0 Å². The Morgan fingerprint density at radius 2 is 1.86 bits per heavy atom. The van der Waals surface area contributed by atoms with Gasteiger partial charge in [0, 0.05) is 20.9 Å². The van der Waals surface area contributed by atoms with Crippen molar-refractivity contribution in [1.82, 2.24) is 4.98 Å². The van der Waals surface area contributed by atoms with E-state index >= 15 is 0 Å². The van der Waals surface area contributed by atoms with Gasteiger partial charge in [-0.05, 0) is 35.9 Å². The van der Waals surface area contributed by atoms with E-state index in [1.165, 1.54) is 6.07 Å². The van der Waals surface area contributed by atoms with Crippen LogP contribution in [0.15, 0.2) is 46.9 Å². The second-order valence-corrected chi connectivity index (χ2v) is 5.72. The van der Waals surface area contributed by atoms with Crippen LogP contribution in [-0.4, -0.2) is 11.3 Å². The minimum atomic E-state index is -4.42. The molecule has 1 N–H and O–H groups in total. The summed E-state index contributed by atoms with van der Waals surface area (Å²) in [5, 5.41) is 0.664. The average molecular weight is 368 g/mol. The lowest BCUT2D eigenvalue weighted by Crippen LogP contribution is -2.04. The highest BCUT2D eigenvalue weighted by molar-refractivity contribution is 9.10. The number of rotatable bonds is 2. The summed E-state index contributed by atoms with van der Waals surface area (Å²) in [5.41, 5.74) is 0.994. The third-order valence-corrected chi connectivity index (χ3v) is 3.89. The second kappa shape index (κ2) is 5.28. The van der Waals surface area contributed by atoms with Crippen LogP contribution in [0.2, 0.25) is 0 Å². The number of benzene rings is 2. The molecule has 0 unspecified atom stereocenters. The number of hydrogen-bond donors (Lipinski definition) is 1. The molecule has 0 aliphatic rings. The summed E-state index contributed by atoms with van der Waals surface area (Å²) in [6.45, 7) is 0. The van der Waals surface area contributed by atoms with Gasteiger partial charge in [0.2, 0.25) is 0 Å². The fraction of sp³-hybridized carbons (Fsp3) is 0.0625. The minimum Gasteiger partial charge on any atom is -0.354 e. The summed E-state index contributed by atoms with van der Waals surface area (Å²) < 4.78 is 39.3. The highest BCUT2D eigenvalue weighted by atomic mass is 79.9. The molecule has 0 bridgehead atoms. The molecule has 3 aromatic rings. The van der Waals surface area contributed by atoms with Crippen molar-refractivity contribution in [2.75, 3.05) is 0 Å². The van der Waals surface area contributed by atoms with Crippen molar-refractivity contribution in [2.24, 2.45) is 0 Å². The molecule has 0 spiro atoms. The molecule has 0 saturated heterocycles. The van der Waals surface area contributed by atoms with Gasteiger partial charge in [-0.1, -0.05) is 28.1 Å². The number of nitrogens with one attached hydrogen (secondary N) is 1. The molecule has 112 valence electrons. The zero-order chi connectivity index (χ0) is 15.9. The Hall–Kier alpha value is -2.08. The van der Waals surface area contributed by atoms with Crippen LogP contribution in [0.4, 0.5) is 13.2 Å². The smallest absolute Gasteiger partial charge is 0.354 e. The SMILES string of the molecule is O=Cc1c(-c2cccc(C(F)(F)F)c2)[nH]c2ccc(Br)cc12. The predicted molar refractivity (Wildman–Crippen MR) is 81.8 cm³/mol. The first-order chi connectivity index (χ1) is 10.4. The van der Waals surface area contributed by atoms with Crippen LogP contribution >= 0.6 is 15.9 Å². The van der Waals surface area contributed by atoms with Gasteiger partial charge >= 0.3 is 6.18 Å². The van der Waals surface area contributed by atoms with Crippen LogP contribution in [0, 0.1) is 0 Å². The van der Waals surface area contributed by atoms with E-state index in [0.717, 1.165) is 16.6 Å². The highest BCUT2D eigenvalue weighted by Crippen LogP contribution is 2.35. The maximum atomic E-state index is 12.8. The van der Waals surface area contributed by atoms with Crippen molar-refractivity contribution in [3.8, 4) is 11.3 Å². The largest absolute Gasteiger partial charge is 0.416 e. The Labute approximate surface area is 132 Å². The number of aromatic nitrogens is 1. The number of halogens is 4. The van der Waals surface area contributed by atoms with E-state index in [-0.39, 0.29) is 0 Å². The van der Waals surface area contributed by atoms with E-state index < -0.39 is 11.7 Å². The lowest BCUT2D eigenvalue weighted by molar-refractivity contribution is -0.137. The molecule has 0 fully saturated rings. The fourth-order valence-electron chi connectivity index (χ4n) is 2.39. The molecule has 0 aliphatic heterocycles. The summed E-state index contributed by atoms with van der Waals surface area (Å²) in [6.07, 6.45) is -3.77. The number of aldehydes is 1. The highest BCUT2D eigenvalue weighted by Gasteiger charge is 2.30. The maximum Gasteiger partial charge on any atom is 0.416 e. The van der Waals surface area contributed by atoms with Gasteiger partial charge in [-0.3, -0.25) is 4.79 Å². The van der Waals surface area contributed by atoms with Crippen LogP contribution in [0.5, 0.6) is 0 Å². The summed E-state index contributed by atoms with van der Waals surface area (Å²) in [7, 11) is 0. The van der Waals surface area contributed by atoms with Gasteiger partial charge in [-0.15, -0.1) is 0 Å². The van der Waals surface area contributed by atoms with Crippen LogP contribution < -0.4 is 0 Å². The van der Waals surface area contributed by atoms with Gasteiger partial charge < -0.3 is 4.98 Å². The summed E-state index contributed by atoms with van der Waals surface area (Å²) in [4.78, 5) is 14.4. The van der Waals surface area contributed by atoms with Crippen molar-refractivity contribution in [3.63, 3.8) is 0 Å². The third-order valence-electron chi connectivity index (χ3n) is 3.40. The standard InChI is InChI=1S/C16H9BrF3NO/c17-11-4-5-14-12(7-11)13(8-22)15(21-14)9-2-1-3-10(6-9)16(18,19)20/h1-8,21H. The lowest BCUT2D eigenvalue weighted by atomic mass is 10.0. The lowest BCUT2D eigenvalue weighted by Gasteiger charge is -2.08. The van der Waals surface area contributed by atoms with Gasteiger partial charge in [0.15, 0.2) is 6.29 Å². The number of fused-ring (bicyclic) bond motifs is 1. The summed E-state index contributed by atoms with van der Waals surface area (Å²) >= 11 is 3.32. The molecule has 0 saturated carbocycles. The monoisotopic (exact) mass is 367 g/mol. The molecule has 6 heteroatoms. The van der Waals surface area contributed by atoms with Gasteiger partial charge in [0.1, 0.15) is 0 Å². The first-order valence-electron chi connectivity index (χ1n) is 6.34. The van der Waals surface area contributed by atoms with E-state index in [0.29, 0.717) is 34.0 Å². The van der Waals surface area contributed by atoms with Gasteiger partial charge in [0.05, 0.1) is 11.3 Å². The molecular weight excluding hydrogens is 359 g/mol. The average Bonchev–Trinajstić information content (AvgIpc) is 2.84. The molecule has 0 atom stereocenters. The quantitative estimate of drug-likeness (QED) is 0.602. The van der Waals surface area contributed by atoms with E-state index in [1.54, 1.807) is 24.3 Å². The first kappa shape index (κ1) is 14.8. The number of carbonyl (C=O) groups excluding carboxylic acids is 1. The summed E-state index contributed by atoms with van der Waals surface area (Å²) in [6, 6.07) is 10.2. The molecule has 1 heterocycles. The number of hydrogen-bond acceptors (Lipinski definition) is 1. The number of aromatic amines is 1. The van der Waals surface area contributed by atoms with E-state index in [2.05, 4.69) is 20.9 Å². The number of H-pyrrole nitrogens is 1. The first-order valence-corrected chi connectivity index (χ1v) is 7.13. The fourth-order valence-corrected chi connectivity index (χ4v) is 2.75. The zero-order valence-corrected chi connectivity index (χ0v) is 12.6. The minimum absolute atomic E-state index is 0.323. The van der Waals surface area contributed by atoms with Crippen molar-refractivity contribution in [3.05, 3.63) is 58.1 Å². The Morgan fingerprint density at radius 1 is 1.09 bits per heavy atom. The van der Waals surface area contributed by atoms with E-state index in [1.807, 2.05) is 0 Å². The number of carbonyl (C=O) groups is 1. The molecule has 2 aromatic carbocycles.